The van der Waals surface area contributed by atoms with Gasteiger partial charge in [-0.05, 0) is 19.3 Å². The third-order valence-electron chi connectivity index (χ3n) is 2.03. The molecule has 0 aromatic carbocycles. The normalized spacial score (nSPS) is 14.2. The molecule has 0 rings (SSSR count). The number of hydrogen-bond acceptors (Lipinski definition) is 4. The molecule has 0 aliphatic rings. The molecule has 0 radical (unpaired) electrons. The van der Waals surface area contributed by atoms with Gasteiger partial charge >= 0.3 is 5.97 Å². The van der Waals surface area contributed by atoms with E-state index in [1.54, 1.807) is 0 Å². The summed E-state index contributed by atoms with van der Waals surface area (Å²) in [4.78, 5) is 21.8. The molecule has 0 fully saturated rings. The van der Waals surface area contributed by atoms with Crippen molar-refractivity contribution >= 4 is 23.5 Å². The van der Waals surface area contributed by atoms with Crippen LogP contribution in [0.2, 0.25) is 0 Å². The van der Waals surface area contributed by atoms with Gasteiger partial charge in [-0.25, -0.2) is 0 Å². The first-order valence-electron chi connectivity index (χ1n) is 5.35. The summed E-state index contributed by atoms with van der Waals surface area (Å²) in [5, 5.41) is 0. The summed E-state index contributed by atoms with van der Waals surface area (Å²) in [6.07, 6.45) is 2.72. The van der Waals surface area contributed by atoms with Crippen molar-refractivity contribution in [1.29, 1.82) is 0 Å². The molecule has 0 bridgehead atoms. The van der Waals surface area contributed by atoms with E-state index >= 15 is 0 Å². The van der Waals surface area contributed by atoms with Crippen LogP contribution in [0.1, 0.15) is 39.0 Å². The fourth-order valence-electron chi connectivity index (χ4n) is 1.05. The third-order valence-corrected chi connectivity index (χ3v) is 2.34. The molecule has 1 amide bonds. The van der Waals surface area contributed by atoms with Gasteiger partial charge in [0.25, 0.3) is 0 Å². The van der Waals surface area contributed by atoms with E-state index in [1.807, 2.05) is 6.92 Å². The first-order chi connectivity index (χ1) is 7.47. The van der Waals surface area contributed by atoms with Gasteiger partial charge in [-0.1, -0.05) is 24.9 Å². The van der Waals surface area contributed by atoms with E-state index in [-0.39, 0.29) is 12.8 Å². The van der Waals surface area contributed by atoms with E-state index in [0.717, 1.165) is 12.8 Å². The summed E-state index contributed by atoms with van der Waals surface area (Å²) in [7, 11) is 0. The molecular formula is C10H19ClN2O3. The van der Waals surface area contributed by atoms with Crippen LogP contribution >= 0.6 is 11.6 Å². The molecular weight excluding hydrogens is 232 g/mol. The number of nitrogens with two attached hydrogens (primary N) is 2. The van der Waals surface area contributed by atoms with Crippen LogP contribution in [0.4, 0.5) is 0 Å². The third kappa shape index (κ3) is 7.48. The topological polar surface area (TPSA) is 95.4 Å². The van der Waals surface area contributed by atoms with Crippen LogP contribution in [0.15, 0.2) is 0 Å². The molecule has 4 N–H and O–H groups in total. The van der Waals surface area contributed by atoms with Crippen molar-refractivity contribution in [2.45, 2.75) is 50.6 Å². The van der Waals surface area contributed by atoms with Crippen LogP contribution in [0.25, 0.3) is 0 Å². The minimum Gasteiger partial charge on any atom is -0.445 e. The van der Waals surface area contributed by atoms with Crippen molar-refractivity contribution in [3.8, 4) is 0 Å². The molecule has 0 aliphatic carbocycles. The highest BCUT2D eigenvalue weighted by atomic mass is 35.5. The first kappa shape index (κ1) is 15.2. The summed E-state index contributed by atoms with van der Waals surface area (Å²) in [5.74, 6) is -1.07. The predicted molar refractivity (Wildman–Crippen MR) is 61.7 cm³/mol. The maximum Gasteiger partial charge on any atom is 0.324 e. The van der Waals surface area contributed by atoms with Crippen LogP contribution in [0.3, 0.4) is 0 Å². The van der Waals surface area contributed by atoms with Crippen LogP contribution in [-0.4, -0.2) is 23.5 Å². The van der Waals surface area contributed by atoms with Gasteiger partial charge in [0.1, 0.15) is 6.04 Å². The van der Waals surface area contributed by atoms with Crippen LogP contribution in [0.5, 0.6) is 0 Å². The Morgan fingerprint density at radius 3 is 2.50 bits per heavy atom. The maximum absolute atomic E-state index is 11.3. The van der Waals surface area contributed by atoms with Gasteiger partial charge in [-0.3, -0.25) is 9.59 Å². The Balaban J connectivity index is 3.81. The average Bonchev–Trinajstić information content (AvgIpc) is 2.22. The molecule has 94 valence electrons. The van der Waals surface area contributed by atoms with E-state index in [0.29, 0.717) is 6.42 Å². The zero-order valence-corrected chi connectivity index (χ0v) is 10.2. The van der Waals surface area contributed by atoms with E-state index in [4.69, 9.17) is 27.8 Å². The average molecular weight is 251 g/mol. The number of carbonyl (C=O) groups is 2. The van der Waals surface area contributed by atoms with E-state index in [9.17, 15) is 9.59 Å². The zero-order chi connectivity index (χ0) is 12.6. The molecule has 2 atom stereocenters. The number of esters is 1. The first-order valence-corrected chi connectivity index (χ1v) is 5.79. The lowest BCUT2D eigenvalue weighted by Crippen LogP contribution is -2.35. The summed E-state index contributed by atoms with van der Waals surface area (Å²) in [5.41, 5.74) is 9.79. The number of ether oxygens (including phenoxy) is 1. The van der Waals surface area contributed by atoms with Crippen LogP contribution < -0.4 is 11.5 Å². The van der Waals surface area contributed by atoms with Gasteiger partial charge in [0.15, 0.2) is 5.56 Å². The second kappa shape index (κ2) is 8.35. The predicted octanol–water partition coefficient (Wildman–Crippen LogP) is 0.877. The molecule has 16 heavy (non-hydrogen) atoms. The SMILES string of the molecule is CCCCC(Cl)OC(=O)[C@@H](N)CCC(N)=O. The van der Waals surface area contributed by atoms with Crippen LogP contribution in [0, 0.1) is 0 Å². The molecule has 0 heterocycles. The van der Waals surface area contributed by atoms with Gasteiger partial charge in [0, 0.05) is 6.42 Å². The second-order valence-electron chi connectivity index (χ2n) is 3.60. The Bertz CT molecular complexity index is 236. The Labute approximate surface area is 100 Å². The largest absolute Gasteiger partial charge is 0.445 e. The molecule has 0 saturated heterocycles. The summed E-state index contributed by atoms with van der Waals surface area (Å²) < 4.78 is 4.90. The number of amides is 1. The van der Waals surface area contributed by atoms with Gasteiger partial charge < -0.3 is 16.2 Å². The van der Waals surface area contributed by atoms with Crippen molar-refractivity contribution in [3.63, 3.8) is 0 Å². The number of carbonyl (C=O) groups excluding carboxylic acids is 2. The standard InChI is InChI=1S/C10H19ClN2O3/c1-2-3-4-8(11)16-10(15)7(12)5-6-9(13)14/h7-8H,2-6,12H2,1H3,(H2,13,14)/t7-,8?/m0/s1. The maximum atomic E-state index is 11.3. The minimum atomic E-state index is -0.838. The number of unbranched alkanes of at least 4 members (excludes halogenated alkanes) is 1. The van der Waals surface area contributed by atoms with Crippen molar-refractivity contribution in [1.82, 2.24) is 0 Å². The summed E-state index contributed by atoms with van der Waals surface area (Å²) >= 11 is 5.77. The van der Waals surface area contributed by atoms with Crippen molar-refractivity contribution in [3.05, 3.63) is 0 Å². The lowest BCUT2D eigenvalue weighted by Gasteiger charge is -2.14. The zero-order valence-electron chi connectivity index (χ0n) is 9.45. The number of halogens is 1. The van der Waals surface area contributed by atoms with E-state index in [2.05, 4.69) is 0 Å². The highest BCUT2D eigenvalue weighted by Gasteiger charge is 2.19. The van der Waals surface area contributed by atoms with Gasteiger partial charge in [-0.15, -0.1) is 0 Å². The molecule has 0 aromatic heterocycles. The Kier molecular flexibility index (Phi) is 7.93. The van der Waals surface area contributed by atoms with Crippen molar-refractivity contribution in [2.24, 2.45) is 11.5 Å². The monoisotopic (exact) mass is 250 g/mol. The molecule has 0 aliphatic heterocycles. The highest BCUT2D eigenvalue weighted by molar-refractivity contribution is 6.20. The fraction of sp³-hybridized carbons (Fsp3) is 0.800. The molecule has 0 spiro atoms. The van der Waals surface area contributed by atoms with E-state index < -0.39 is 23.5 Å². The highest BCUT2D eigenvalue weighted by Crippen LogP contribution is 2.10. The molecule has 0 saturated carbocycles. The molecule has 0 aromatic rings. The number of rotatable bonds is 8. The van der Waals surface area contributed by atoms with Gasteiger partial charge in [-0.2, -0.15) is 0 Å². The number of primary amides is 1. The smallest absolute Gasteiger partial charge is 0.324 e. The second-order valence-corrected chi connectivity index (χ2v) is 4.09. The van der Waals surface area contributed by atoms with Crippen LogP contribution in [-0.2, 0) is 14.3 Å². The Morgan fingerprint density at radius 2 is 2.00 bits per heavy atom. The number of alkyl halides is 1. The lowest BCUT2D eigenvalue weighted by atomic mass is 10.1. The Hall–Kier alpha value is -0.810. The summed E-state index contributed by atoms with van der Waals surface area (Å²) in [6, 6.07) is -0.838. The summed E-state index contributed by atoms with van der Waals surface area (Å²) in [6.45, 7) is 2.02. The number of hydrogen-bond donors (Lipinski definition) is 2. The minimum absolute atomic E-state index is 0.0676. The van der Waals surface area contributed by atoms with E-state index in [1.165, 1.54) is 0 Å². The quantitative estimate of drug-likeness (QED) is 0.494. The van der Waals surface area contributed by atoms with Crippen molar-refractivity contribution < 1.29 is 14.3 Å². The van der Waals surface area contributed by atoms with Gasteiger partial charge in [0.2, 0.25) is 5.91 Å². The van der Waals surface area contributed by atoms with Crippen molar-refractivity contribution in [2.75, 3.05) is 0 Å². The molecule has 6 heteroatoms. The Morgan fingerprint density at radius 1 is 1.38 bits per heavy atom. The molecule has 5 nitrogen and oxygen atoms in total. The molecule has 1 unspecified atom stereocenters. The fourth-order valence-corrected chi connectivity index (χ4v) is 1.29. The lowest BCUT2D eigenvalue weighted by molar-refractivity contribution is -0.147. The van der Waals surface area contributed by atoms with Gasteiger partial charge in [0.05, 0.1) is 0 Å².